The van der Waals surface area contributed by atoms with Crippen molar-refractivity contribution >= 4 is 0 Å². The summed E-state index contributed by atoms with van der Waals surface area (Å²) in [5.74, 6) is 0. The van der Waals surface area contributed by atoms with E-state index in [2.05, 4.69) is 12.1 Å². The molecule has 1 N–H and O–H groups in total. The molecule has 1 atom stereocenters. The van der Waals surface area contributed by atoms with Crippen LogP contribution in [0.15, 0.2) is 78.9 Å². The van der Waals surface area contributed by atoms with Crippen LogP contribution in [-0.2, 0) is 12.0 Å². The zero-order chi connectivity index (χ0) is 17.0. The maximum Gasteiger partial charge on any atom is 0.0991 e. The lowest BCUT2D eigenvalue weighted by molar-refractivity contribution is 0.0576. The first-order chi connectivity index (χ1) is 11.6. The molecule has 3 aromatic rings. The Kier molecular flexibility index (Phi) is 4.46. The topological polar surface area (TPSA) is 44.0 Å². The number of benzene rings is 3. The van der Waals surface area contributed by atoms with Crippen molar-refractivity contribution in [2.24, 2.45) is 0 Å². The average molecular weight is 313 g/mol. The van der Waals surface area contributed by atoms with Gasteiger partial charge in [-0.2, -0.15) is 5.26 Å². The smallest absolute Gasteiger partial charge is 0.0991 e. The van der Waals surface area contributed by atoms with Crippen molar-refractivity contribution in [1.29, 1.82) is 5.26 Å². The van der Waals surface area contributed by atoms with E-state index in [-0.39, 0.29) is 0 Å². The van der Waals surface area contributed by atoms with E-state index in [4.69, 9.17) is 5.26 Å². The molecule has 3 rings (SSSR count). The van der Waals surface area contributed by atoms with E-state index in [1.165, 1.54) is 0 Å². The maximum atomic E-state index is 10.8. The molecule has 24 heavy (non-hydrogen) atoms. The van der Waals surface area contributed by atoms with Gasteiger partial charge in [0.2, 0.25) is 0 Å². The van der Waals surface area contributed by atoms with Crippen LogP contribution in [0.5, 0.6) is 0 Å². The highest BCUT2D eigenvalue weighted by atomic mass is 16.3. The van der Waals surface area contributed by atoms with Crippen molar-refractivity contribution in [1.82, 2.24) is 0 Å². The summed E-state index contributed by atoms with van der Waals surface area (Å²) in [6, 6.07) is 27.6. The summed E-state index contributed by atoms with van der Waals surface area (Å²) >= 11 is 0. The molecule has 0 aliphatic carbocycles. The van der Waals surface area contributed by atoms with Gasteiger partial charge in [0.25, 0.3) is 0 Å². The Hall–Kier alpha value is -2.89. The van der Waals surface area contributed by atoms with Crippen LogP contribution in [-0.4, -0.2) is 5.11 Å². The molecule has 0 spiro atoms. The average Bonchev–Trinajstić information content (AvgIpc) is 2.62. The number of aliphatic hydroxyl groups is 1. The molecular formula is C22H19NO. The van der Waals surface area contributed by atoms with E-state index in [0.29, 0.717) is 12.0 Å². The van der Waals surface area contributed by atoms with Gasteiger partial charge in [-0.3, -0.25) is 0 Å². The molecule has 0 fully saturated rings. The van der Waals surface area contributed by atoms with E-state index in [9.17, 15) is 5.11 Å². The van der Waals surface area contributed by atoms with E-state index in [1.54, 1.807) is 0 Å². The molecule has 2 nitrogen and oxygen atoms in total. The van der Waals surface area contributed by atoms with Gasteiger partial charge < -0.3 is 5.11 Å². The first kappa shape index (κ1) is 16.0. The standard InChI is InChI=1S/C22H19NO/c1-22(24,21-8-3-2-4-9-21)15-18-6-5-7-20(14-18)19-12-10-17(16-23)11-13-19/h2-14,24H,15H2,1H3. The summed E-state index contributed by atoms with van der Waals surface area (Å²) in [6.45, 7) is 1.84. The zero-order valence-corrected chi connectivity index (χ0v) is 13.6. The van der Waals surface area contributed by atoms with Crippen molar-refractivity contribution in [3.8, 4) is 17.2 Å². The molecule has 0 aliphatic heterocycles. The molecular weight excluding hydrogens is 294 g/mol. The highest BCUT2D eigenvalue weighted by molar-refractivity contribution is 5.65. The van der Waals surface area contributed by atoms with Gasteiger partial charge in [-0.15, -0.1) is 0 Å². The van der Waals surface area contributed by atoms with Crippen molar-refractivity contribution in [3.63, 3.8) is 0 Å². The predicted molar refractivity (Wildman–Crippen MR) is 96.3 cm³/mol. The number of nitriles is 1. The number of hydrogen-bond donors (Lipinski definition) is 1. The second-order valence-corrected chi connectivity index (χ2v) is 6.21. The SMILES string of the molecule is CC(O)(Cc1cccc(-c2ccc(C#N)cc2)c1)c1ccccc1. The lowest BCUT2D eigenvalue weighted by atomic mass is 9.88. The fourth-order valence-corrected chi connectivity index (χ4v) is 2.89. The normalized spacial score (nSPS) is 13.0. The summed E-state index contributed by atoms with van der Waals surface area (Å²) in [6.07, 6.45) is 0.543. The summed E-state index contributed by atoms with van der Waals surface area (Å²) in [5, 5.41) is 19.7. The molecule has 0 aliphatic rings. The Morgan fingerprint density at radius 1 is 0.875 bits per heavy atom. The van der Waals surface area contributed by atoms with Crippen molar-refractivity contribution in [2.75, 3.05) is 0 Å². The third kappa shape index (κ3) is 3.53. The van der Waals surface area contributed by atoms with Crippen molar-refractivity contribution in [2.45, 2.75) is 18.9 Å². The molecule has 0 saturated heterocycles. The summed E-state index contributed by atoms with van der Waals surface area (Å²) in [7, 11) is 0. The van der Waals surface area contributed by atoms with Crippen LogP contribution in [0.2, 0.25) is 0 Å². The highest BCUT2D eigenvalue weighted by Gasteiger charge is 2.23. The molecule has 118 valence electrons. The Morgan fingerprint density at radius 2 is 1.58 bits per heavy atom. The summed E-state index contributed by atoms with van der Waals surface area (Å²) < 4.78 is 0. The zero-order valence-electron chi connectivity index (χ0n) is 13.6. The molecule has 0 bridgehead atoms. The lowest BCUT2D eigenvalue weighted by Gasteiger charge is -2.24. The van der Waals surface area contributed by atoms with Crippen LogP contribution >= 0.6 is 0 Å². The van der Waals surface area contributed by atoms with Crippen LogP contribution in [0, 0.1) is 11.3 Å². The minimum atomic E-state index is -0.912. The fourth-order valence-electron chi connectivity index (χ4n) is 2.89. The monoisotopic (exact) mass is 313 g/mol. The van der Waals surface area contributed by atoms with Gasteiger partial charge in [0, 0.05) is 6.42 Å². The highest BCUT2D eigenvalue weighted by Crippen LogP contribution is 2.27. The fraction of sp³-hybridized carbons (Fsp3) is 0.136. The van der Waals surface area contributed by atoms with Crippen LogP contribution in [0.3, 0.4) is 0 Å². The Labute approximate surface area is 142 Å². The van der Waals surface area contributed by atoms with Crippen LogP contribution < -0.4 is 0 Å². The maximum absolute atomic E-state index is 10.8. The third-order valence-electron chi connectivity index (χ3n) is 4.22. The molecule has 0 aromatic heterocycles. The quantitative estimate of drug-likeness (QED) is 0.760. The second kappa shape index (κ2) is 6.70. The minimum absolute atomic E-state index is 0.543. The first-order valence-corrected chi connectivity index (χ1v) is 7.96. The van der Waals surface area contributed by atoms with Gasteiger partial charge in [0.1, 0.15) is 0 Å². The lowest BCUT2D eigenvalue weighted by Crippen LogP contribution is -2.24. The van der Waals surface area contributed by atoms with Gasteiger partial charge in [-0.25, -0.2) is 0 Å². The molecule has 0 heterocycles. The van der Waals surface area contributed by atoms with Crippen LogP contribution in [0.25, 0.3) is 11.1 Å². The molecule has 2 heteroatoms. The molecule has 0 amide bonds. The van der Waals surface area contributed by atoms with E-state index >= 15 is 0 Å². The van der Waals surface area contributed by atoms with Gasteiger partial charge in [0.05, 0.1) is 17.2 Å². The van der Waals surface area contributed by atoms with Gasteiger partial charge in [-0.1, -0.05) is 66.7 Å². The molecule has 1 unspecified atom stereocenters. The van der Waals surface area contributed by atoms with E-state index in [0.717, 1.165) is 22.3 Å². The Balaban J connectivity index is 1.86. The molecule has 3 aromatic carbocycles. The van der Waals surface area contributed by atoms with Gasteiger partial charge in [0.15, 0.2) is 0 Å². The number of hydrogen-bond acceptors (Lipinski definition) is 2. The minimum Gasteiger partial charge on any atom is -0.385 e. The largest absolute Gasteiger partial charge is 0.385 e. The van der Waals surface area contributed by atoms with Crippen LogP contribution in [0.4, 0.5) is 0 Å². The van der Waals surface area contributed by atoms with Gasteiger partial charge >= 0.3 is 0 Å². The Morgan fingerprint density at radius 3 is 2.25 bits per heavy atom. The third-order valence-corrected chi connectivity index (χ3v) is 4.22. The van der Waals surface area contributed by atoms with Gasteiger partial charge in [-0.05, 0) is 41.3 Å². The second-order valence-electron chi connectivity index (χ2n) is 6.21. The van der Waals surface area contributed by atoms with E-state index < -0.39 is 5.60 Å². The Bertz CT molecular complexity index is 858. The van der Waals surface area contributed by atoms with Crippen molar-refractivity contribution in [3.05, 3.63) is 95.6 Å². The van der Waals surface area contributed by atoms with Crippen LogP contribution in [0.1, 0.15) is 23.6 Å². The number of rotatable bonds is 4. The molecule has 0 saturated carbocycles. The summed E-state index contributed by atoms with van der Waals surface area (Å²) in [5.41, 5.74) is 3.88. The van der Waals surface area contributed by atoms with Crippen molar-refractivity contribution < 1.29 is 5.11 Å². The number of nitrogens with zero attached hydrogens (tertiary/aromatic N) is 1. The first-order valence-electron chi connectivity index (χ1n) is 7.96. The molecule has 0 radical (unpaired) electrons. The summed E-state index contributed by atoms with van der Waals surface area (Å²) in [4.78, 5) is 0. The predicted octanol–water partition coefficient (Wildman–Crippen LogP) is 4.68. The van der Waals surface area contributed by atoms with E-state index in [1.807, 2.05) is 79.7 Å².